The summed E-state index contributed by atoms with van der Waals surface area (Å²) in [4.78, 5) is 21.1. The van der Waals surface area contributed by atoms with E-state index in [2.05, 4.69) is 83.3 Å². The fourth-order valence-corrected chi connectivity index (χ4v) is 7.60. The predicted octanol–water partition coefficient (Wildman–Crippen LogP) is 6.68. The zero-order valence-electron chi connectivity index (χ0n) is 23.3. The second-order valence-corrected chi connectivity index (χ2v) is 14.6. The van der Waals surface area contributed by atoms with Crippen LogP contribution in [0.4, 0.5) is 0 Å². The largest absolute Gasteiger partial charge is 0.507 e. The molecule has 6 rings (SSSR count). The van der Waals surface area contributed by atoms with Crippen LogP contribution in [0.2, 0.25) is 0 Å². The summed E-state index contributed by atoms with van der Waals surface area (Å²) in [7, 11) is 0. The van der Waals surface area contributed by atoms with Crippen molar-refractivity contribution in [1.82, 2.24) is 4.57 Å². The van der Waals surface area contributed by atoms with Crippen LogP contribution in [0.3, 0.4) is 0 Å². The Morgan fingerprint density at radius 1 is 0.974 bits per heavy atom. The Balaban J connectivity index is 1.60. The van der Waals surface area contributed by atoms with Gasteiger partial charge in [-0.05, 0) is 70.0 Å². The summed E-state index contributed by atoms with van der Waals surface area (Å²) in [6.07, 6.45) is 3.83. The van der Waals surface area contributed by atoms with E-state index < -0.39 is 0 Å². The first-order valence-corrected chi connectivity index (χ1v) is 15.2. The summed E-state index contributed by atoms with van der Waals surface area (Å²) in [5.74, 6) is 0.345. The quantitative estimate of drug-likeness (QED) is 0.301. The number of hydrogen-bond donors (Lipinski definition) is 1. The molecule has 0 spiro atoms. The number of fused-ring (bicyclic) bond motifs is 3. The zero-order valence-corrected chi connectivity index (χ0v) is 25.0. The van der Waals surface area contributed by atoms with Crippen LogP contribution >= 0.6 is 22.7 Å². The van der Waals surface area contributed by atoms with Gasteiger partial charge < -0.3 is 5.11 Å². The molecule has 2 aromatic heterocycles. The lowest BCUT2D eigenvalue weighted by Gasteiger charge is -2.30. The Morgan fingerprint density at radius 2 is 1.67 bits per heavy atom. The molecule has 1 aliphatic carbocycles. The van der Waals surface area contributed by atoms with Gasteiger partial charge in [0.2, 0.25) is 0 Å². The number of thiophene rings is 1. The molecule has 1 N–H and O–H groups in total. The van der Waals surface area contributed by atoms with Gasteiger partial charge in [0.15, 0.2) is 4.80 Å². The fraction of sp³-hybridized carbons (Fsp3) is 0.333. The molecule has 0 bridgehead atoms. The first-order chi connectivity index (χ1) is 18.4. The average molecular weight is 555 g/mol. The summed E-state index contributed by atoms with van der Waals surface area (Å²) in [6.45, 7) is 12.6. The minimum absolute atomic E-state index is 0.00903. The number of benzene rings is 2. The number of aromatic nitrogens is 1. The standard InChI is InChI=1S/C33H34N2O2S2/c1-32(2,3)23-16-19(17-24(29(23)36)33(4,5)6)18-26-30(37)35-28(25-12-9-15-38-25)22-14-13-20-10-7-8-11-21(20)27(22)34-31(35)39-26/h7-12,15-18,28,36H,13-14H2,1-6H3. The second kappa shape index (κ2) is 9.17. The molecule has 0 radical (unpaired) electrons. The van der Waals surface area contributed by atoms with Crippen molar-refractivity contribution in [2.24, 2.45) is 4.99 Å². The molecule has 1 aliphatic heterocycles. The van der Waals surface area contributed by atoms with E-state index in [-0.39, 0.29) is 22.4 Å². The molecule has 0 fully saturated rings. The SMILES string of the molecule is CC(C)(C)c1cc(C=c2sc3n(c2=O)C(c2cccs2)C2=C(N=3)c3ccccc3CC2)cc(C(C)(C)C)c1O. The number of aromatic hydroxyl groups is 1. The van der Waals surface area contributed by atoms with Gasteiger partial charge in [-0.1, -0.05) is 83.2 Å². The van der Waals surface area contributed by atoms with Gasteiger partial charge in [0.1, 0.15) is 5.75 Å². The molecule has 200 valence electrons. The monoisotopic (exact) mass is 554 g/mol. The summed E-state index contributed by atoms with van der Waals surface area (Å²) < 4.78 is 2.57. The van der Waals surface area contributed by atoms with E-state index in [1.54, 1.807) is 11.3 Å². The van der Waals surface area contributed by atoms with Gasteiger partial charge in [-0.15, -0.1) is 11.3 Å². The van der Waals surface area contributed by atoms with Crippen molar-refractivity contribution < 1.29 is 5.11 Å². The molecule has 0 saturated heterocycles. The highest BCUT2D eigenvalue weighted by molar-refractivity contribution is 7.10. The van der Waals surface area contributed by atoms with Crippen LogP contribution < -0.4 is 14.9 Å². The van der Waals surface area contributed by atoms with Gasteiger partial charge >= 0.3 is 0 Å². The normalized spacial score (nSPS) is 17.5. The van der Waals surface area contributed by atoms with E-state index in [4.69, 9.17) is 4.99 Å². The average Bonchev–Trinajstić information content (AvgIpc) is 3.51. The summed E-state index contributed by atoms with van der Waals surface area (Å²) in [6, 6.07) is 16.6. The molecule has 0 amide bonds. The minimum Gasteiger partial charge on any atom is -0.507 e. The second-order valence-electron chi connectivity index (χ2n) is 12.6. The molecule has 39 heavy (non-hydrogen) atoms. The molecular formula is C33H34N2O2S2. The molecular weight excluding hydrogens is 521 g/mol. The maximum atomic E-state index is 14.1. The van der Waals surface area contributed by atoms with Crippen LogP contribution in [0.25, 0.3) is 11.8 Å². The van der Waals surface area contributed by atoms with Gasteiger partial charge in [-0.3, -0.25) is 9.36 Å². The first kappa shape index (κ1) is 26.0. The van der Waals surface area contributed by atoms with Gasteiger partial charge in [-0.25, -0.2) is 4.99 Å². The number of phenolic OH excluding ortho intramolecular Hbond substituents is 1. The molecule has 6 heteroatoms. The molecule has 2 aliphatic rings. The third kappa shape index (κ3) is 4.44. The lowest BCUT2D eigenvalue weighted by atomic mass is 9.78. The minimum atomic E-state index is -0.242. The van der Waals surface area contributed by atoms with Crippen LogP contribution in [0.1, 0.15) is 86.7 Å². The topological polar surface area (TPSA) is 54.6 Å². The number of aryl methyl sites for hydroxylation is 1. The van der Waals surface area contributed by atoms with Gasteiger partial charge in [0.25, 0.3) is 5.56 Å². The summed E-state index contributed by atoms with van der Waals surface area (Å²) in [5.41, 5.74) is 6.96. The molecule has 4 nitrogen and oxygen atoms in total. The van der Waals surface area contributed by atoms with Crippen molar-refractivity contribution in [3.8, 4) is 5.75 Å². The third-order valence-corrected chi connectivity index (χ3v) is 9.64. The van der Waals surface area contributed by atoms with Crippen LogP contribution in [-0.4, -0.2) is 9.67 Å². The lowest BCUT2D eigenvalue weighted by Crippen LogP contribution is -2.38. The van der Waals surface area contributed by atoms with Crippen LogP contribution in [-0.2, 0) is 17.3 Å². The molecule has 4 aromatic rings. The van der Waals surface area contributed by atoms with E-state index in [0.717, 1.165) is 40.0 Å². The number of allylic oxidation sites excluding steroid dienone is 1. The molecule has 1 unspecified atom stereocenters. The van der Waals surface area contributed by atoms with E-state index in [1.807, 2.05) is 22.8 Å². The first-order valence-electron chi connectivity index (χ1n) is 13.5. The highest BCUT2D eigenvalue weighted by atomic mass is 32.1. The Kier molecular flexibility index (Phi) is 6.12. The Labute approximate surface area is 237 Å². The Morgan fingerprint density at radius 3 is 2.31 bits per heavy atom. The van der Waals surface area contributed by atoms with Crippen molar-refractivity contribution in [1.29, 1.82) is 0 Å². The van der Waals surface area contributed by atoms with E-state index in [1.165, 1.54) is 32.9 Å². The van der Waals surface area contributed by atoms with Crippen LogP contribution in [0, 0.1) is 0 Å². The maximum absolute atomic E-state index is 14.1. The fourth-order valence-electron chi connectivity index (χ4n) is 5.75. The van der Waals surface area contributed by atoms with Gasteiger partial charge in [-0.2, -0.15) is 0 Å². The summed E-state index contributed by atoms with van der Waals surface area (Å²) >= 11 is 3.15. The van der Waals surface area contributed by atoms with E-state index in [0.29, 0.717) is 10.3 Å². The highest BCUT2D eigenvalue weighted by Gasteiger charge is 2.33. The lowest BCUT2D eigenvalue weighted by molar-refractivity contribution is 0.423. The van der Waals surface area contributed by atoms with E-state index in [9.17, 15) is 9.90 Å². The number of hydrogen-bond acceptors (Lipinski definition) is 5. The van der Waals surface area contributed by atoms with Gasteiger partial charge in [0.05, 0.1) is 16.3 Å². The highest BCUT2D eigenvalue weighted by Crippen LogP contribution is 2.43. The zero-order chi connectivity index (χ0) is 27.7. The van der Waals surface area contributed by atoms with Crippen molar-refractivity contribution >= 4 is 34.4 Å². The number of rotatable bonds is 2. The number of phenols is 1. The molecule has 1 atom stereocenters. The summed E-state index contributed by atoms with van der Waals surface area (Å²) in [5, 5.41) is 13.3. The Hall–Kier alpha value is -3.22. The maximum Gasteiger partial charge on any atom is 0.271 e. The van der Waals surface area contributed by atoms with E-state index >= 15 is 0 Å². The van der Waals surface area contributed by atoms with Crippen molar-refractivity contribution in [3.05, 3.63) is 112 Å². The Bertz CT molecular complexity index is 1770. The van der Waals surface area contributed by atoms with Crippen molar-refractivity contribution in [3.63, 3.8) is 0 Å². The van der Waals surface area contributed by atoms with Crippen LogP contribution in [0.15, 0.2) is 69.3 Å². The van der Waals surface area contributed by atoms with Crippen molar-refractivity contribution in [2.75, 3.05) is 0 Å². The molecule has 2 aromatic carbocycles. The van der Waals surface area contributed by atoms with Gasteiger partial charge in [0, 0.05) is 21.6 Å². The number of thiazole rings is 1. The number of nitrogens with zero attached hydrogens (tertiary/aromatic N) is 2. The van der Waals surface area contributed by atoms with Crippen LogP contribution in [0.5, 0.6) is 5.75 Å². The molecule has 3 heterocycles. The smallest absolute Gasteiger partial charge is 0.271 e. The predicted molar refractivity (Wildman–Crippen MR) is 163 cm³/mol. The molecule has 0 saturated carbocycles. The third-order valence-electron chi connectivity index (χ3n) is 7.73. The van der Waals surface area contributed by atoms with Crippen molar-refractivity contribution in [2.45, 2.75) is 71.3 Å².